The zero-order valence-corrected chi connectivity index (χ0v) is 16.6. The maximum atomic E-state index is 13.0. The first-order valence-corrected chi connectivity index (χ1v) is 9.73. The number of nitrogens with zero attached hydrogens (tertiary/aromatic N) is 2. The number of hydrogen-bond donors (Lipinski definition) is 2. The quantitative estimate of drug-likeness (QED) is 0.550. The van der Waals surface area contributed by atoms with E-state index in [0.717, 1.165) is 29.5 Å². The average Bonchev–Trinajstić information content (AvgIpc) is 3.05. The molecule has 0 saturated carbocycles. The Balaban J connectivity index is 1.63. The number of carbonyl (C=O) groups is 2. The number of alkyl halides is 3. The van der Waals surface area contributed by atoms with Gasteiger partial charge in [-0.2, -0.15) is 18.3 Å². The molecule has 0 aromatic heterocycles. The first-order valence-electron chi connectivity index (χ1n) is 8.85. The number of rotatable bonds is 5. The van der Waals surface area contributed by atoms with E-state index in [4.69, 9.17) is 0 Å². The minimum Gasteiger partial charge on any atom is -0.325 e. The van der Waals surface area contributed by atoms with Gasteiger partial charge >= 0.3 is 6.18 Å². The molecule has 1 fully saturated rings. The van der Waals surface area contributed by atoms with Crippen LogP contribution in [0.5, 0.6) is 0 Å². The number of hydrogen-bond acceptors (Lipinski definition) is 5. The lowest BCUT2D eigenvalue weighted by atomic mass is 10.1. The van der Waals surface area contributed by atoms with Gasteiger partial charge in [-0.3, -0.25) is 9.59 Å². The van der Waals surface area contributed by atoms with Crippen LogP contribution in [0.4, 0.5) is 18.9 Å². The van der Waals surface area contributed by atoms with Crippen LogP contribution in [-0.2, 0) is 15.8 Å². The number of carbonyl (C=O) groups excluding carboxylic acids is 2. The second-order valence-corrected chi connectivity index (χ2v) is 7.54. The van der Waals surface area contributed by atoms with Gasteiger partial charge in [0.1, 0.15) is 5.25 Å². The Kier molecular flexibility index (Phi) is 6.56. The van der Waals surface area contributed by atoms with E-state index in [0.29, 0.717) is 5.71 Å². The molecule has 0 radical (unpaired) electrons. The predicted molar refractivity (Wildman–Crippen MR) is 110 cm³/mol. The topological polar surface area (TPSA) is 82.9 Å². The Morgan fingerprint density at radius 1 is 1.13 bits per heavy atom. The zero-order chi connectivity index (χ0) is 21.7. The molecule has 0 bridgehead atoms. The standard InChI is InChI=1S/C20H17F3N4O2S/c1-12(13-7-3-2-4-8-13)26-27-19-25-18(29)16(30-19)11-17(28)24-15-10-6-5-9-14(15)20(21,22)23/h2-10,16H,11H2,1H3,(H,24,28)(H,25,27,29). The Labute approximate surface area is 174 Å². The summed E-state index contributed by atoms with van der Waals surface area (Å²) in [7, 11) is 0. The van der Waals surface area contributed by atoms with Crippen LogP contribution >= 0.6 is 11.8 Å². The lowest BCUT2D eigenvalue weighted by Crippen LogP contribution is -2.28. The molecule has 2 aromatic rings. The number of amidine groups is 1. The van der Waals surface area contributed by atoms with Crippen molar-refractivity contribution in [1.82, 2.24) is 5.32 Å². The van der Waals surface area contributed by atoms with Gasteiger partial charge in [0.25, 0.3) is 0 Å². The lowest BCUT2D eigenvalue weighted by Gasteiger charge is -2.14. The molecule has 1 aliphatic heterocycles. The van der Waals surface area contributed by atoms with Crippen molar-refractivity contribution < 1.29 is 22.8 Å². The number of para-hydroxylation sites is 1. The monoisotopic (exact) mass is 434 g/mol. The van der Waals surface area contributed by atoms with E-state index in [2.05, 4.69) is 20.8 Å². The molecule has 1 atom stereocenters. The molecule has 1 aliphatic rings. The van der Waals surface area contributed by atoms with Crippen molar-refractivity contribution in [3.05, 3.63) is 65.7 Å². The minimum absolute atomic E-state index is 0.226. The van der Waals surface area contributed by atoms with Crippen molar-refractivity contribution in [2.45, 2.75) is 24.8 Å². The summed E-state index contributed by atoms with van der Waals surface area (Å²) < 4.78 is 39.1. The molecule has 3 rings (SSSR count). The van der Waals surface area contributed by atoms with Crippen molar-refractivity contribution in [3.63, 3.8) is 0 Å². The van der Waals surface area contributed by atoms with Gasteiger partial charge in [-0.05, 0) is 24.6 Å². The summed E-state index contributed by atoms with van der Waals surface area (Å²) in [5.41, 5.74) is 0.212. The van der Waals surface area contributed by atoms with Crippen molar-refractivity contribution in [3.8, 4) is 0 Å². The Morgan fingerprint density at radius 2 is 1.80 bits per heavy atom. The third kappa shape index (κ3) is 5.47. The average molecular weight is 434 g/mol. The largest absolute Gasteiger partial charge is 0.418 e. The van der Waals surface area contributed by atoms with E-state index < -0.39 is 28.8 Å². The first-order chi connectivity index (χ1) is 14.2. The number of halogens is 3. The molecule has 0 aliphatic carbocycles. The number of anilines is 1. The van der Waals surface area contributed by atoms with Gasteiger partial charge in [-0.1, -0.05) is 54.2 Å². The normalized spacial score (nSPS) is 18.4. The summed E-state index contributed by atoms with van der Waals surface area (Å²) in [5.74, 6) is -1.16. The van der Waals surface area contributed by atoms with Gasteiger partial charge in [0.05, 0.1) is 17.0 Å². The first kappa shape index (κ1) is 21.6. The summed E-state index contributed by atoms with van der Waals surface area (Å²) >= 11 is 1.00. The van der Waals surface area contributed by atoms with Crippen molar-refractivity contribution in [1.29, 1.82) is 0 Å². The number of thioether (sulfide) groups is 1. The van der Waals surface area contributed by atoms with E-state index in [-0.39, 0.29) is 17.3 Å². The van der Waals surface area contributed by atoms with Crippen LogP contribution in [0, 0.1) is 0 Å². The van der Waals surface area contributed by atoms with Crippen LogP contribution in [-0.4, -0.2) is 27.9 Å². The van der Waals surface area contributed by atoms with Gasteiger partial charge in [0, 0.05) is 6.42 Å². The Hall–Kier alpha value is -3.14. The second kappa shape index (κ2) is 9.12. The van der Waals surface area contributed by atoms with E-state index in [1.165, 1.54) is 12.1 Å². The van der Waals surface area contributed by atoms with Crippen molar-refractivity contribution in [2.24, 2.45) is 10.2 Å². The van der Waals surface area contributed by atoms with Crippen molar-refractivity contribution in [2.75, 3.05) is 5.32 Å². The fourth-order valence-electron chi connectivity index (χ4n) is 2.65. The third-order valence-electron chi connectivity index (χ3n) is 4.14. The van der Waals surface area contributed by atoms with Crippen LogP contribution in [0.1, 0.15) is 24.5 Å². The van der Waals surface area contributed by atoms with E-state index in [1.54, 1.807) is 6.92 Å². The van der Waals surface area contributed by atoms with Crippen LogP contribution in [0.2, 0.25) is 0 Å². The van der Waals surface area contributed by atoms with Crippen LogP contribution in [0.25, 0.3) is 0 Å². The molecule has 1 saturated heterocycles. The van der Waals surface area contributed by atoms with E-state index in [9.17, 15) is 22.8 Å². The van der Waals surface area contributed by atoms with E-state index in [1.807, 2.05) is 30.3 Å². The summed E-state index contributed by atoms with van der Waals surface area (Å²) in [6, 6.07) is 14.0. The lowest BCUT2D eigenvalue weighted by molar-refractivity contribution is -0.137. The van der Waals surface area contributed by atoms with Gasteiger partial charge in [0.15, 0.2) is 5.17 Å². The maximum Gasteiger partial charge on any atom is 0.418 e. The predicted octanol–water partition coefficient (Wildman–Crippen LogP) is 4.05. The van der Waals surface area contributed by atoms with Crippen LogP contribution < -0.4 is 10.6 Å². The molecule has 0 spiro atoms. The minimum atomic E-state index is -4.60. The highest BCUT2D eigenvalue weighted by Crippen LogP contribution is 2.34. The van der Waals surface area contributed by atoms with Gasteiger partial charge in [-0.25, -0.2) is 0 Å². The number of nitrogens with one attached hydrogen (secondary N) is 2. The molecule has 1 unspecified atom stereocenters. The molecule has 2 amide bonds. The Bertz CT molecular complexity index is 1010. The molecular formula is C20H17F3N4O2S. The van der Waals surface area contributed by atoms with Gasteiger partial charge in [-0.15, -0.1) is 5.10 Å². The fourth-order valence-corrected chi connectivity index (χ4v) is 3.57. The molecule has 6 nitrogen and oxygen atoms in total. The third-order valence-corrected chi connectivity index (χ3v) is 5.21. The molecule has 1 heterocycles. The fraction of sp³-hybridized carbons (Fsp3) is 0.200. The van der Waals surface area contributed by atoms with Crippen LogP contribution in [0.3, 0.4) is 0 Å². The molecule has 2 aromatic carbocycles. The smallest absolute Gasteiger partial charge is 0.325 e. The highest BCUT2D eigenvalue weighted by molar-refractivity contribution is 8.15. The number of benzene rings is 2. The molecule has 10 heteroatoms. The summed E-state index contributed by atoms with van der Waals surface area (Å²) in [6.07, 6.45) is -4.90. The molecule has 30 heavy (non-hydrogen) atoms. The highest BCUT2D eigenvalue weighted by Gasteiger charge is 2.35. The summed E-state index contributed by atoms with van der Waals surface area (Å²) in [4.78, 5) is 24.3. The Morgan fingerprint density at radius 3 is 2.50 bits per heavy atom. The molecular weight excluding hydrogens is 417 g/mol. The van der Waals surface area contributed by atoms with E-state index >= 15 is 0 Å². The summed E-state index contributed by atoms with van der Waals surface area (Å²) in [5, 5.41) is 12.2. The van der Waals surface area contributed by atoms with Gasteiger partial charge < -0.3 is 10.6 Å². The SMILES string of the molecule is CC(=N/N=C1\NC(=O)C(CC(=O)Nc2ccccc2C(F)(F)F)S1)c1ccccc1. The molecule has 156 valence electrons. The highest BCUT2D eigenvalue weighted by atomic mass is 32.2. The molecule has 2 N–H and O–H groups in total. The summed E-state index contributed by atoms with van der Waals surface area (Å²) in [6.45, 7) is 1.77. The van der Waals surface area contributed by atoms with Crippen molar-refractivity contribution >= 4 is 40.1 Å². The number of amides is 2. The van der Waals surface area contributed by atoms with Gasteiger partial charge in [0.2, 0.25) is 11.8 Å². The zero-order valence-electron chi connectivity index (χ0n) is 15.7. The maximum absolute atomic E-state index is 13.0. The van der Waals surface area contributed by atoms with Crippen LogP contribution in [0.15, 0.2) is 64.8 Å². The second-order valence-electron chi connectivity index (χ2n) is 6.35.